The Hall–Kier alpha value is -1.32. The molecule has 3 heteroatoms. The number of piperazine rings is 1. The predicted octanol–water partition coefficient (Wildman–Crippen LogP) is 2.48. The Bertz CT molecular complexity index is 425. The van der Waals surface area contributed by atoms with Crippen LogP contribution in [-0.4, -0.2) is 36.2 Å². The van der Waals surface area contributed by atoms with Gasteiger partial charge in [-0.3, -0.25) is 4.90 Å². The summed E-state index contributed by atoms with van der Waals surface area (Å²) in [7, 11) is 0. The van der Waals surface area contributed by atoms with Gasteiger partial charge in [-0.05, 0) is 18.4 Å². The molecular weight excluding hydrogens is 236 g/mol. The van der Waals surface area contributed by atoms with Crippen LogP contribution in [0.4, 0.5) is 0 Å². The van der Waals surface area contributed by atoms with Crippen LogP contribution in [0.3, 0.4) is 0 Å². The molecule has 1 aromatic carbocycles. The smallest absolute Gasteiger partial charge is 0.123 e. The van der Waals surface area contributed by atoms with Crippen LogP contribution in [0.2, 0.25) is 0 Å². The topological polar surface area (TPSA) is 35.5 Å². The molecule has 1 saturated heterocycles. The standard InChI is InChI=1S/C16H24N2O/c1-3-6-15(18-11-9-17-10-12-18)14-8-5-7-13(4-2)16(14)19/h3,5,7-8,15,17,19H,1,4,6,9-12H2,2H3/t15-/m1/s1. The third-order valence-corrected chi connectivity index (χ3v) is 3.87. The quantitative estimate of drug-likeness (QED) is 0.798. The maximum Gasteiger partial charge on any atom is 0.123 e. The number of rotatable bonds is 5. The molecule has 1 fully saturated rings. The van der Waals surface area contributed by atoms with Crippen molar-refractivity contribution < 1.29 is 5.11 Å². The van der Waals surface area contributed by atoms with E-state index in [0.29, 0.717) is 5.75 Å². The summed E-state index contributed by atoms with van der Waals surface area (Å²) in [5.74, 6) is 0.468. The van der Waals surface area contributed by atoms with Crippen molar-refractivity contribution in [1.29, 1.82) is 0 Å². The zero-order chi connectivity index (χ0) is 13.7. The minimum Gasteiger partial charge on any atom is -0.507 e. The van der Waals surface area contributed by atoms with Crippen LogP contribution in [0.5, 0.6) is 5.75 Å². The molecule has 0 amide bonds. The van der Waals surface area contributed by atoms with Crippen molar-refractivity contribution in [2.45, 2.75) is 25.8 Å². The average Bonchev–Trinajstić information content (AvgIpc) is 2.46. The lowest BCUT2D eigenvalue weighted by atomic mass is 9.97. The van der Waals surface area contributed by atoms with Crippen LogP contribution >= 0.6 is 0 Å². The number of nitrogens with zero attached hydrogens (tertiary/aromatic N) is 1. The van der Waals surface area contributed by atoms with Crippen molar-refractivity contribution in [3.63, 3.8) is 0 Å². The third-order valence-electron chi connectivity index (χ3n) is 3.87. The Morgan fingerprint density at radius 1 is 1.42 bits per heavy atom. The first kappa shape index (κ1) is 14.1. The molecule has 1 atom stereocenters. The lowest BCUT2D eigenvalue weighted by Gasteiger charge is -2.35. The minimum atomic E-state index is 0.242. The van der Waals surface area contributed by atoms with E-state index in [4.69, 9.17) is 0 Å². The summed E-state index contributed by atoms with van der Waals surface area (Å²) in [4.78, 5) is 2.44. The van der Waals surface area contributed by atoms with Gasteiger partial charge >= 0.3 is 0 Å². The molecule has 104 valence electrons. The first-order chi connectivity index (χ1) is 9.27. The van der Waals surface area contributed by atoms with E-state index in [1.165, 1.54) is 0 Å². The molecule has 2 N–H and O–H groups in total. The number of nitrogens with one attached hydrogen (secondary N) is 1. The normalized spacial score (nSPS) is 18.2. The molecule has 0 unspecified atom stereocenters. The van der Waals surface area contributed by atoms with E-state index in [0.717, 1.165) is 50.1 Å². The number of benzene rings is 1. The molecule has 1 heterocycles. The van der Waals surface area contributed by atoms with Gasteiger partial charge in [0.1, 0.15) is 5.75 Å². The Kier molecular flexibility index (Phi) is 5.00. The van der Waals surface area contributed by atoms with Crippen molar-refractivity contribution in [2.24, 2.45) is 0 Å². The highest BCUT2D eigenvalue weighted by molar-refractivity contribution is 5.42. The van der Waals surface area contributed by atoms with E-state index in [2.05, 4.69) is 23.7 Å². The summed E-state index contributed by atoms with van der Waals surface area (Å²) < 4.78 is 0. The number of hydrogen-bond donors (Lipinski definition) is 2. The SMILES string of the molecule is C=CC[C@H](c1cccc(CC)c1O)N1CCNCC1. The monoisotopic (exact) mass is 260 g/mol. The van der Waals surface area contributed by atoms with Gasteiger partial charge in [-0.15, -0.1) is 6.58 Å². The molecule has 0 bridgehead atoms. The van der Waals surface area contributed by atoms with Crippen LogP contribution in [0, 0.1) is 0 Å². The summed E-state index contributed by atoms with van der Waals surface area (Å²) in [6.07, 6.45) is 3.69. The second-order valence-electron chi connectivity index (χ2n) is 5.03. The van der Waals surface area contributed by atoms with Crippen LogP contribution in [0.1, 0.15) is 30.5 Å². The molecule has 0 spiro atoms. The third kappa shape index (κ3) is 3.17. The predicted molar refractivity (Wildman–Crippen MR) is 79.5 cm³/mol. The number of aromatic hydroxyl groups is 1. The van der Waals surface area contributed by atoms with Crippen LogP contribution in [0.25, 0.3) is 0 Å². The van der Waals surface area contributed by atoms with Gasteiger partial charge < -0.3 is 10.4 Å². The number of para-hydroxylation sites is 1. The summed E-state index contributed by atoms with van der Waals surface area (Å²) in [6, 6.07) is 6.34. The lowest BCUT2D eigenvalue weighted by Crippen LogP contribution is -2.45. The second kappa shape index (κ2) is 6.73. The largest absolute Gasteiger partial charge is 0.507 e. The van der Waals surface area contributed by atoms with Gasteiger partial charge in [0.05, 0.1) is 0 Å². The number of hydrogen-bond acceptors (Lipinski definition) is 3. The fourth-order valence-corrected chi connectivity index (χ4v) is 2.79. The fourth-order valence-electron chi connectivity index (χ4n) is 2.79. The molecule has 0 aromatic heterocycles. The molecule has 3 nitrogen and oxygen atoms in total. The van der Waals surface area contributed by atoms with Gasteiger partial charge in [-0.1, -0.05) is 31.2 Å². The first-order valence-corrected chi connectivity index (χ1v) is 7.14. The Labute approximate surface area is 115 Å². The van der Waals surface area contributed by atoms with Crippen molar-refractivity contribution in [3.05, 3.63) is 42.0 Å². The van der Waals surface area contributed by atoms with Gasteiger partial charge in [-0.25, -0.2) is 0 Å². The highest BCUT2D eigenvalue weighted by Gasteiger charge is 2.23. The van der Waals surface area contributed by atoms with E-state index in [1.807, 2.05) is 24.3 Å². The number of aryl methyl sites for hydroxylation is 1. The van der Waals surface area contributed by atoms with Gasteiger partial charge in [0.25, 0.3) is 0 Å². The molecule has 1 aliphatic heterocycles. The lowest BCUT2D eigenvalue weighted by molar-refractivity contribution is 0.172. The second-order valence-corrected chi connectivity index (χ2v) is 5.03. The van der Waals surface area contributed by atoms with Crippen molar-refractivity contribution in [2.75, 3.05) is 26.2 Å². The Morgan fingerprint density at radius 2 is 2.16 bits per heavy atom. The molecule has 1 aromatic rings. The molecule has 0 saturated carbocycles. The van der Waals surface area contributed by atoms with Gasteiger partial charge in [-0.2, -0.15) is 0 Å². The number of phenols is 1. The van der Waals surface area contributed by atoms with E-state index < -0.39 is 0 Å². The Balaban J connectivity index is 2.29. The molecule has 1 aliphatic rings. The van der Waals surface area contributed by atoms with Crippen LogP contribution < -0.4 is 5.32 Å². The van der Waals surface area contributed by atoms with Gasteiger partial charge in [0, 0.05) is 37.8 Å². The molecular formula is C16H24N2O. The van der Waals surface area contributed by atoms with Crippen molar-refractivity contribution >= 4 is 0 Å². The van der Waals surface area contributed by atoms with Gasteiger partial charge in [0.2, 0.25) is 0 Å². The summed E-state index contributed by atoms with van der Waals surface area (Å²) in [5, 5.41) is 13.8. The van der Waals surface area contributed by atoms with Crippen molar-refractivity contribution in [1.82, 2.24) is 10.2 Å². The van der Waals surface area contributed by atoms with E-state index in [9.17, 15) is 5.11 Å². The summed E-state index contributed by atoms with van der Waals surface area (Å²) in [5.41, 5.74) is 2.07. The van der Waals surface area contributed by atoms with Crippen LogP contribution in [0.15, 0.2) is 30.9 Å². The fraction of sp³-hybridized carbons (Fsp3) is 0.500. The molecule has 2 rings (SSSR count). The highest BCUT2D eigenvalue weighted by atomic mass is 16.3. The van der Waals surface area contributed by atoms with E-state index in [-0.39, 0.29) is 6.04 Å². The minimum absolute atomic E-state index is 0.242. The maximum absolute atomic E-state index is 10.4. The Morgan fingerprint density at radius 3 is 2.79 bits per heavy atom. The zero-order valence-electron chi connectivity index (χ0n) is 11.7. The van der Waals surface area contributed by atoms with Crippen LogP contribution in [-0.2, 0) is 6.42 Å². The highest BCUT2D eigenvalue weighted by Crippen LogP contribution is 2.34. The summed E-state index contributed by atoms with van der Waals surface area (Å²) in [6.45, 7) is 10.0. The number of phenolic OH excluding ortho intramolecular Hbond substituents is 1. The molecule has 0 radical (unpaired) electrons. The maximum atomic E-state index is 10.4. The first-order valence-electron chi connectivity index (χ1n) is 7.14. The molecule has 19 heavy (non-hydrogen) atoms. The van der Waals surface area contributed by atoms with E-state index >= 15 is 0 Å². The van der Waals surface area contributed by atoms with E-state index in [1.54, 1.807) is 0 Å². The molecule has 0 aliphatic carbocycles. The summed E-state index contributed by atoms with van der Waals surface area (Å²) >= 11 is 0. The van der Waals surface area contributed by atoms with Gasteiger partial charge in [0.15, 0.2) is 0 Å². The van der Waals surface area contributed by atoms with Crippen molar-refractivity contribution in [3.8, 4) is 5.75 Å². The zero-order valence-corrected chi connectivity index (χ0v) is 11.7. The average molecular weight is 260 g/mol.